The molecule has 0 amide bonds. The first-order chi connectivity index (χ1) is 10.8. The summed E-state index contributed by atoms with van der Waals surface area (Å²) in [6.07, 6.45) is 0.542. The highest BCUT2D eigenvalue weighted by Crippen LogP contribution is 2.26. The molecule has 0 saturated heterocycles. The molecule has 0 aliphatic heterocycles. The molecule has 2 rings (SSSR count). The van der Waals surface area contributed by atoms with Gasteiger partial charge in [-0.05, 0) is 23.7 Å². The topological polar surface area (TPSA) is 87.5 Å². The van der Waals surface area contributed by atoms with Crippen LogP contribution < -0.4 is 0 Å². The number of benzene rings is 1. The number of carbonyl (C=O) groups is 2. The number of carboxylic acid groups (broad SMARTS) is 1. The zero-order chi connectivity index (χ0) is 17.1. The molecule has 5 nitrogen and oxygen atoms in total. The fourth-order valence-electron chi connectivity index (χ4n) is 1.73. The number of aliphatic carboxylic acids is 1. The molecule has 1 heterocycles. The number of Topliss-reactive ketones (excluding diaryl/α,β-unsaturated/α-hetero) is 1. The zero-order valence-electron chi connectivity index (χ0n) is 12.8. The SMILES string of the molecule is [2H]c1cc(-c2cnc(C(=O)CCC(=O)O)c(O)c2)cc(F)c1[2H]. The Morgan fingerprint density at radius 1 is 1.29 bits per heavy atom. The summed E-state index contributed by atoms with van der Waals surface area (Å²) in [6.45, 7) is 0. The number of ketones is 1. The minimum absolute atomic E-state index is 0.232. The molecule has 1 aromatic carbocycles. The Morgan fingerprint density at radius 3 is 2.67 bits per heavy atom. The average molecular weight is 291 g/mol. The van der Waals surface area contributed by atoms with Gasteiger partial charge in [0.05, 0.1) is 9.16 Å². The van der Waals surface area contributed by atoms with Gasteiger partial charge in [-0.25, -0.2) is 9.37 Å². The summed E-state index contributed by atoms with van der Waals surface area (Å²) in [4.78, 5) is 26.0. The molecule has 0 saturated carbocycles. The van der Waals surface area contributed by atoms with Crippen molar-refractivity contribution in [1.82, 2.24) is 4.98 Å². The minimum Gasteiger partial charge on any atom is -0.506 e. The Morgan fingerprint density at radius 2 is 2.05 bits per heavy atom. The van der Waals surface area contributed by atoms with Crippen LogP contribution in [0.25, 0.3) is 11.1 Å². The summed E-state index contributed by atoms with van der Waals surface area (Å²) in [5.41, 5.74) is 0.235. The van der Waals surface area contributed by atoms with E-state index in [4.69, 9.17) is 7.85 Å². The first-order valence-corrected chi connectivity index (χ1v) is 6.00. The third-order valence-corrected chi connectivity index (χ3v) is 2.73. The Kier molecular flexibility index (Phi) is 3.51. The minimum atomic E-state index is -1.14. The van der Waals surface area contributed by atoms with E-state index in [1.165, 1.54) is 18.3 Å². The van der Waals surface area contributed by atoms with Gasteiger partial charge in [0.1, 0.15) is 17.3 Å². The third-order valence-electron chi connectivity index (χ3n) is 2.73. The van der Waals surface area contributed by atoms with Crippen molar-refractivity contribution in [2.24, 2.45) is 0 Å². The number of carboxylic acids is 1. The summed E-state index contributed by atoms with van der Waals surface area (Å²) in [5, 5.41) is 18.4. The second-order valence-corrected chi connectivity index (χ2v) is 4.27. The fraction of sp³-hybridized carbons (Fsp3) is 0.133. The van der Waals surface area contributed by atoms with E-state index in [-0.39, 0.29) is 35.7 Å². The molecular weight excluding hydrogens is 277 g/mol. The molecule has 0 aliphatic carbocycles. The van der Waals surface area contributed by atoms with Crippen LogP contribution >= 0.6 is 0 Å². The molecule has 0 fully saturated rings. The van der Waals surface area contributed by atoms with Gasteiger partial charge in [-0.3, -0.25) is 9.59 Å². The van der Waals surface area contributed by atoms with Crippen LogP contribution in [0.4, 0.5) is 4.39 Å². The molecule has 2 aromatic rings. The molecule has 1 aromatic heterocycles. The molecule has 0 unspecified atom stereocenters. The van der Waals surface area contributed by atoms with E-state index in [2.05, 4.69) is 4.98 Å². The third kappa shape index (κ3) is 3.62. The van der Waals surface area contributed by atoms with Gasteiger partial charge >= 0.3 is 5.97 Å². The Labute approximate surface area is 122 Å². The van der Waals surface area contributed by atoms with Gasteiger partial charge in [0.2, 0.25) is 0 Å². The first kappa shape index (κ1) is 12.0. The van der Waals surface area contributed by atoms with Crippen molar-refractivity contribution in [3.05, 3.63) is 48.0 Å². The number of aromatic hydroxyl groups is 1. The molecular formula is C15H12FNO4. The lowest BCUT2D eigenvalue weighted by Crippen LogP contribution is -2.06. The van der Waals surface area contributed by atoms with E-state index in [0.29, 0.717) is 0 Å². The van der Waals surface area contributed by atoms with Gasteiger partial charge in [0.25, 0.3) is 0 Å². The van der Waals surface area contributed by atoms with Crippen molar-refractivity contribution in [1.29, 1.82) is 0 Å². The molecule has 0 bridgehead atoms. The van der Waals surface area contributed by atoms with Gasteiger partial charge < -0.3 is 10.2 Å². The van der Waals surface area contributed by atoms with Crippen LogP contribution in [0.1, 0.15) is 26.1 Å². The number of aromatic nitrogens is 1. The number of nitrogens with zero attached hydrogens (tertiary/aromatic N) is 1. The number of hydrogen-bond donors (Lipinski definition) is 2. The number of hydrogen-bond acceptors (Lipinski definition) is 4. The van der Waals surface area contributed by atoms with Crippen molar-refractivity contribution in [3.8, 4) is 16.9 Å². The van der Waals surface area contributed by atoms with Gasteiger partial charge in [-0.1, -0.05) is 12.1 Å². The van der Waals surface area contributed by atoms with E-state index in [9.17, 15) is 19.1 Å². The number of carbonyl (C=O) groups excluding carboxylic acids is 1. The highest BCUT2D eigenvalue weighted by molar-refractivity contribution is 5.98. The second-order valence-electron chi connectivity index (χ2n) is 4.27. The summed E-state index contributed by atoms with van der Waals surface area (Å²) < 4.78 is 28.3. The lowest BCUT2D eigenvalue weighted by atomic mass is 10.1. The van der Waals surface area contributed by atoms with E-state index in [1.807, 2.05) is 0 Å². The molecule has 6 heteroatoms. The van der Waals surface area contributed by atoms with Gasteiger partial charge in [0, 0.05) is 18.2 Å². The van der Waals surface area contributed by atoms with E-state index < -0.39 is 29.4 Å². The summed E-state index contributed by atoms with van der Waals surface area (Å²) >= 11 is 0. The van der Waals surface area contributed by atoms with Crippen molar-refractivity contribution in [3.63, 3.8) is 0 Å². The maximum Gasteiger partial charge on any atom is 0.303 e. The monoisotopic (exact) mass is 291 g/mol. The molecule has 2 N–H and O–H groups in total. The Balaban J connectivity index is 2.32. The average Bonchev–Trinajstić information content (AvgIpc) is 2.49. The van der Waals surface area contributed by atoms with E-state index >= 15 is 0 Å². The summed E-state index contributed by atoms with van der Waals surface area (Å²) in [7, 11) is 0. The molecule has 0 radical (unpaired) electrons. The molecule has 21 heavy (non-hydrogen) atoms. The van der Waals surface area contributed by atoms with Gasteiger partial charge in [-0.15, -0.1) is 0 Å². The molecule has 108 valence electrons. The Hall–Kier alpha value is -2.76. The molecule has 0 atom stereocenters. The van der Waals surface area contributed by atoms with Crippen molar-refractivity contribution in [2.75, 3.05) is 0 Å². The lowest BCUT2D eigenvalue weighted by molar-refractivity contribution is -0.136. The molecule has 0 aliphatic rings. The van der Waals surface area contributed by atoms with Crippen LogP contribution in [-0.2, 0) is 4.79 Å². The number of rotatable bonds is 5. The number of halogens is 1. The predicted molar refractivity (Wildman–Crippen MR) is 72.5 cm³/mol. The normalized spacial score (nSPS) is 11.7. The van der Waals surface area contributed by atoms with E-state index in [0.717, 1.165) is 6.07 Å². The first-order valence-electron chi connectivity index (χ1n) is 7.00. The molecule has 0 spiro atoms. The van der Waals surface area contributed by atoms with Gasteiger partial charge in [-0.2, -0.15) is 0 Å². The lowest BCUT2D eigenvalue weighted by Gasteiger charge is -2.06. The maximum atomic E-state index is 13.5. The summed E-state index contributed by atoms with van der Waals surface area (Å²) in [5.74, 6) is -3.10. The highest BCUT2D eigenvalue weighted by atomic mass is 19.1. The summed E-state index contributed by atoms with van der Waals surface area (Å²) in [6, 6.07) is 2.60. The van der Waals surface area contributed by atoms with Crippen molar-refractivity contribution in [2.45, 2.75) is 12.8 Å². The largest absolute Gasteiger partial charge is 0.506 e. The van der Waals surface area contributed by atoms with Crippen LogP contribution in [0.3, 0.4) is 0 Å². The van der Waals surface area contributed by atoms with Crippen LogP contribution in [0.2, 0.25) is 0 Å². The fourth-order valence-corrected chi connectivity index (χ4v) is 1.73. The highest BCUT2D eigenvalue weighted by Gasteiger charge is 2.15. The van der Waals surface area contributed by atoms with Crippen LogP contribution in [0.5, 0.6) is 5.75 Å². The Bertz CT molecular complexity index is 772. The standard InChI is InChI=1S/C15H12FNO4/c16-11-3-1-2-9(6-11)10-7-13(19)15(17-8-10)12(18)4-5-14(20)21/h1-3,6-8,19H,4-5H2,(H,20,21)/i1D,3D. The van der Waals surface area contributed by atoms with Gasteiger partial charge in [0.15, 0.2) is 5.78 Å². The second kappa shape index (κ2) is 6.13. The van der Waals surface area contributed by atoms with Crippen LogP contribution in [0, 0.1) is 5.82 Å². The quantitative estimate of drug-likeness (QED) is 0.827. The van der Waals surface area contributed by atoms with Crippen molar-refractivity contribution < 1.29 is 26.9 Å². The smallest absolute Gasteiger partial charge is 0.303 e. The van der Waals surface area contributed by atoms with E-state index in [1.54, 1.807) is 0 Å². The van der Waals surface area contributed by atoms with Crippen LogP contribution in [-0.4, -0.2) is 26.9 Å². The van der Waals surface area contributed by atoms with Crippen molar-refractivity contribution >= 4 is 11.8 Å². The zero-order valence-corrected chi connectivity index (χ0v) is 10.8. The maximum absolute atomic E-state index is 13.5. The predicted octanol–water partition coefficient (Wildman–Crippen LogP) is 2.64. The number of pyridine rings is 1. The van der Waals surface area contributed by atoms with Crippen LogP contribution in [0.15, 0.2) is 36.5 Å².